The molecule has 0 aliphatic carbocycles. The van der Waals surface area contributed by atoms with Crippen molar-refractivity contribution in [1.82, 2.24) is 15.0 Å². The largest absolute Gasteiger partial charge is 0.349 e. The Labute approximate surface area is 142 Å². The van der Waals surface area contributed by atoms with Crippen LogP contribution in [0.3, 0.4) is 0 Å². The molecule has 23 heavy (non-hydrogen) atoms. The van der Waals surface area contributed by atoms with Crippen LogP contribution in [0.25, 0.3) is 0 Å². The van der Waals surface area contributed by atoms with Crippen LogP contribution in [0.15, 0.2) is 75.8 Å². The summed E-state index contributed by atoms with van der Waals surface area (Å²) in [6.07, 6.45) is 0. The predicted molar refractivity (Wildman–Crippen MR) is 94.7 cm³/mol. The summed E-state index contributed by atoms with van der Waals surface area (Å²) in [7, 11) is 0. The number of hydrogen-bond donors (Lipinski definition) is 1. The first kappa shape index (κ1) is 15.8. The Balaban J connectivity index is 1.65. The number of nitrogens with zero attached hydrogens (tertiary/aromatic N) is 2. The zero-order chi connectivity index (χ0) is 15.9. The molecule has 1 aromatic heterocycles. The van der Waals surface area contributed by atoms with E-state index in [2.05, 4.69) is 27.1 Å². The fourth-order valence-corrected chi connectivity index (χ4v) is 3.58. The molecule has 0 fully saturated rings. The molecule has 0 spiro atoms. The Kier molecular flexibility index (Phi) is 5.50. The fraction of sp³-hybridized carbons (Fsp3) is 0.118. The molecule has 0 unspecified atom stereocenters. The average Bonchev–Trinajstić information content (AvgIpc) is 2.60. The van der Waals surface area contributed by atoms with Crippen LogP contribution in [0.5, 0.6) is 0 Å². The summed E-state index contributed by atoms with van der Waals surface area (Å²) in [4.78, 5) is 22.7. The van der Waals surface area contributed by atoms with Crippen molar-refractivity contribution in [2.24, 2.45) is 0 Å². The smallest absolute Gasteiger partial charge is 0.285 e. The van der Waals surface area contributed by atoms with Crippen molar-refractivity contribution in [3.8, 4) is 0 Å². The maximum atomic E-state index is 11.7. The summed E-state index contributed by atoms with van der Waals surface area (Å²) in [6, 6.07) is 20.2. The number of aromatic nitrogens is 3. The Morgan fingerprint density at radius 3 is 1.96 bits per heavy atom. The molecule has 2 aromatic carbocycles. The molecule has 1 N–H and O–H groups in total. The third kappa shape index (κ3) is 4.97. The Morgan fingerprint density at radius 2 is 1.35 bits per heavy atom. The number of rotatable bonds is 6. The van der Waals surface area contributed by atoms with Gasteiger partial charge in [0.05, 0.1) is 0 Å². The molecule has 0 aliphatic heterocycles. The second kappa shape index (κ2) is 7.99. The van der Waals surface area contributed by atoms with Gasteiger partial charge in [-0.3, -0.25) is 4.98 Å². The van der Waals surface area contributed by atoms with Crippen molar-refractivity contribution in [2.75, 3.05) is 0 Å². The van der Waals surface area contributed by atoms with E-state index in [0.717, 1.165) is 11.5 Å². The normalized spacial score (nSPS) is 10.6. The molecule has 0 bridgehead atoms. The van der Waals surface area contributed by atoms with Crippen molar-refractivity contribution < 1.29 is 0 Å². The van der Waals surface area contributed by atoms with Crippen LogP contribution < -0.4 is 5.69 Å². The molecule has 116 valence electrons. The van der Waals surface area contributed by atoms with Gasteiger partial charge in [0, 0.05) is 11.5 Å². The number of benzene rings is 2. The molecule has 0 saturated heterocycles. The van der Waals surface area contributed by atoms with Gasteiger partial charge < -0.3 is 0 Å². The van der Waals surface area contributed by atoms with E-state index in [1.54, 1.807) is 0 Å². The van der Waals surface area contributed by atoms with Crippen LogP contribution >= 0.6 is 23.5 Å². The molecule has 0 radical (unpaired) electrons. The van der Waals surface area contributed by atoms with Crippen LogP contribution in [0.1, 0.15) is 11.1 Å². The number of hydrogen-bond acceptors (Lipinski definition) is 5. The van der Waals surface area contributed by atoms with Crippen LogP contribution in [0.2, 0.25) is 0 Å². The van der Waals surface area contributed by atoms with Crippen molar-refractivity contribution in [1.29, 1.82) is 0 Å². The number of H-pyrrole nitrogens is 1. The van der Waals surface area contributed by atoms with Crippen LogP contribution in [0, 0.1) is 0 Å². The Morgan fingerprint density at radius 1 is 0.783 bits per heavy atom. The molecule has 0 amide bonds. The zero-order valence-electron chi connectivity index (χ0n) is 12.3. The van der Waals surface area contributed by atoms with E-state index in [-0.39, 0.29) is 5.69 Å². The first-order chi connectivity index (χ1) is 11.3. The van der Waals surface area contributed by atoms with Crippen LogP contribution in [0.4, 0.5) is 0 Å². The quantitative estimate of drug-likeness (QED) is 0.692. The number of aromatic amines is 1. The lowest BCUT2D eigenvalue weighted by molar-refractivity contribution is 0.766. The predicted octanol–water partition coefficient (Wildman–Crippen LogP) is 3.75. The summed E-state index contributed by atoms with van der Waals surface area (Å²) in [5.74, 6) is 1.50. The van der Waals surface area contributed by atoms with Gasteiger partial charge in [0.25, 0.3) is 0 Å². The van der Waals surface area contributed by atoms with Crippen LogP contribution in [-0.4, -0.2) is 15.0 Å². The average molecular weight is 341 g/mol. The summed E-state index contributed by atoms with van der Waals surface area (Å²) in [6.45, 7) is 0. The standard InChI is InChI=1S/C17H15N3OS2/c21-15-18-16(22-11-13-7-3-1-4-8-13)20-17(19-15)23-12-14-9-5-2-6-10-14/h1-10H,11-12H2,(H,18,19,20,21). The first-order valence-electron chi connectivity index (χ1n) is 7.11. The number of thioether (sulfide) groups is 2. The summed E-state index contributed by atoms with van der Waals surface area (Å²) in [5, 5.41) is 1.11. The van der Waals surface area contributed by atoms with E-state index in [1.165, 1.54) is 34.7 Å². The molecule has 3 aromatic rings. The molecular weight excluding hydrogens is 326 g/mol. The minimum absolute atomic E-state index is 0.355. The second-order valence-corrected chi connectivity index (χ2v) is 6.70. The van der Waals surface area contributed by atoms with Crippen molar-refractivity contribution in [2.45, 2.75) is 21.8 Å². The Bertz CT molecular complexity index is 742. The highest BCUT2D eigenvalue weighted by atomic mass is 32.2. The fourth-order valence-electron chi connectivity index (χ4n) is 1.93. The molecular formula is C17H15N3OS2. The third-order valence-corrected chi connectivity index (χ3v) is 4.90. The van der Waals surface area contributed by atoms with Crippen LogP contribution in [-0.2, 0) is 11.5 Å². The van der Waals surface area contributed by atoms with E-state index >= 15 is 0 Å². The summed E-state index contributed by atoms with van der Waals surface area (Å²) < 4.78 is 0. The van der Waals surface area contributed by atoms with Gasteiger partial charge in [-0.05, 0) is 11.1 Å². The van der Waals surface area contributed by atoms with Gasteiger partial charge >= 0.3 is 5.69 Å². The zero-order valence-corrected chi connectivity index (χ0v) is 13.9. The third-order valence-electron chi connectivity index (χ3n) is 3.04. The monoisotopic (exact) mass is 341 g/mol. The second-order valence-electron chi connectivity index (χ2n) is 4.79. The number of nitrogens with one attached hydrogen (secondary N) is 1. The van der Waals surface area contributed by atoms with E-state index in [4.69, 9.17) is 0 Å². The highest BCUT2D eigenvalue weighted by molar-refractivity contribution is 7.99. The van der Waals surface area contributed by atoms with Crippen molar-refractivity contribution >= 4 is 23.5 Å². The maximum Gasteiger partial charge on any atom is 0.349 e. The lowest BCUT2D eigenvalue weighted by Gasteiger charge is -2.03. The van der Waals surface area contributed by atoms with Gasteiger partial charge in [-0.1, -0.05) is 84.2 Å². The molecule has 4 nitrogen and oxygen atoms in total. The minimum Gasteiger partial charge on any atom is -0.285 e. The van der Waals surface area contributed by atoms with Gasteiger partial charge in [-0.2, -0.15) is 9.97 Å². The van der Waals surface area contributed by atoms with E-state index in [0.29, 0.717) is 10.3 Å². The Hall–Kier alpha value is -2.05. The van der Waals surface area contributed by atoms with E-state index in [1.807, 2.05) is 48.5 Å². The molecule has 1 heterocycles. The summed E-state index contributed by atoms with van der Waals surface area (Å²) in [5.41, 5.74) is 2.02. The SMILES string of the molecule is O=c1nc(SCc2ccccc2)nc(SCc2ccccc2)[nH]1. The maximum absolute atomic E-state index is 11.7. The van der Waals surface area contributed by atoms with Gasteiger partial charge in [-0.25, -0.2) is 4.79 Å². The van der Waals surface area contributed by atoms with Crippen molar-refractivity contribution in [3.63, 3.8) is 0 Å². The first-order valence-corrected chi connectivity index (χ1v) is 9.08. The molecule has 3 rings (SSSR count). The van der Waals surface area contributed by atoms with Gasteiger partial charge in [0.1, 0.15) is 0 Å². The molecule has 0 saturated carbocycles. The summed E-state index contributed by atoms with van der Waals surface area (Å²) >= 11 is 2.97. The molecule has 6 heteroatoms. The van der Waals surface area contributed by atoms with E-state index in [9.17, 15) is 4.79 Å². The van der Waals surface area contributed by atoms with Gasteiger partial charge in [0.15, 0.2) is 10.3 Å². The van der Waals surface area contributed by atoms with Crippen molar-refractivity contribution in [3.05, 3.63) is 82.3 Å². The highest BCUT2D eigenvalue weighted by Crippen LogP contribution is 2.22. The highest BCUT2D eigenvalue weighted by Gasteiger charge is 2.05. The topological polar surface area (TPSA) is 58.6 Å². The minimum atomic E-state index is -0.355. The van der Waals surface area contributed by atoms with E-state index < -0.39 is 0 Å². The molecule has 0 aliphatic rings. The molecule has 0 atom stereocenters. The van der Waals surface area contributed by atoms with Gasteiger partial charge in [-0.15, -0.1) is 0 Å². The van der Waals surface area contributed by atoms with Gasteiger partial charge in [0.2, 0.25) is 0 Å². The lowest BCUT2D eigenvalue weighted by Crippen LogP contribution is -2.13. The lowest BCUT2D eigenvalue weighted by atomic mass is 10.2.